The zero-order valence-electron chi connectivity index (χ0n) is 16.7. The van der Waals surface area contributed by atoms with Crippen LogP contribution in [0.2, 0.25) is 0 Å². The zero-order valence-corrected chi connectivity index (χ0v) is 16.7. The fraction of sp³-hybridized carbons (Fsp3) is 0.571. The molecule has 0 bridgehead atoms. The molecule has 1 aromatic carbocycles. The SMILES string of the molecule is CCCN1c2cc3c(cc2OC[C@]1(C)CC)C(=O)N(C1CCC(=O)NC1=O)C3. The summed E-state index contributed by atoms with van der Waals surface area (Å²) in [4.78, 5) is 40.7. The maximum absolute atomic E-state index is 13.0. The average molecular weight is 385 g/mol. The lowest BCUT2D eigenvalue weighted by atomic mass is 9.93. The van der Waals surface area contributed by atoms with Crippen LogP contribution in [0.3, 0.4) is 0 Å². The Morgan fingerprint density at radius 3 is 2.71 bits per heavy atom. The van der Waals surface area contributed by atoms with E-state index in [1.54, 1.807) is 4.90 Å². The van der Waals surface area contributed by atoms with Gasteiger partial charge in [0.25, 0.3) is 5.91 Å². The van der Waals surface area contributed by atoms with E-state index in [0.717, 1.165) is 36.4 Å². The monoisotopic (exact) mass is 385 g/mol. The Morgan fingerprint density at radius 2 is 2.04 bits per heavy atom. The number of carbonyl (C=O) groups excluding carboxylic acids is 3. The highest BCUT2D eigenvalue weighted by Crippen LogP contribution is 2.43. The third kappa shape index (κ3) is 2.84. The van der Waals surface area contributed by atoms with Crippen LogP contribution in [0.15, 0.2) is 12.1 Å². The van der Waals surface area contributed by atoms with E-state index in [4.69, 9.17) is 4.74 Å². The number of carbonyl (C=O) groups is 3. The summed E-state index contributed by atoms with van der Waals surface area (Å²) in [5.74, 6) is -0.0914. The number of rotatable bonds is 4. The molecule has 7 nitrogen and oxygen atoms in total. The van der Waals surface area contributed by atoms with E-state index in [-0.39, 0.29) is 29.7 Å². The van der Waals surface area contributed by atoms with Crippen molar-refractivity contribution >= 4 is 23.4 Å². The van der Waals surface area contributed by atoms with E-state index in [2.05, 4.69) is 37.1 Å². The quantitative estimate of drug-likeness (QED) is 0.804. The number of amides is 3. The lowest BCUT2D eigenvalue weighted by molar-refractivity contribution is -0.136. The number of nitrogens with zero attached hydrogens (tertiary/aromatic N) is 2. The second kappa shape index (κ2) is 6.79. The predicted molar refractivity (Wildman–Crippen MR) is 104 cm³/mol. The third-order valence-corrected chi connectivity index (χ3v) is 6.29. The van der Waals surface area contributed by atoms with Gasteiger partial charge in [-0.3, -0.25) is 19.7 Å². The molecule has 0 aromatic heterocycles. The van der Waals surface area contributed by atoms with Crippen molar-refractivity contribution < 1.29 is 19.1 Å². The van der Waals surface area contributed by atoms with E-state index < -0.39 is 6.04 Å². The number of nitrogens with one attached hydrogen (secondary N) is 1. The second-order valence-corrected chi connectivity index (χ2v) is 8.17. The summed E-state index contributed by atoms with van der Waals surface area (Å²) in [5, 5.41) is 2.35. The van der Waals surface area contributed by atoms with E-state index in [1.165, 1.54) is 0 Å². The van der Waals surface area contributed by atoms with Crippen LogP contribution in [-0.2, 0) is 16.1 Å². The minimum atomic E-state index is -0.594. The summed E-state index contributed by atoms with van der Waals surface area (Å²) >= 11 is 0. The normalized spacial score (nSPS) is 26.7. The van der Waals surface area contributed by atoms with Gasteiger partial charge < -0.3 is 14.5 Å². The third-order valence-electron chi connectivity index (χ3n) is 6.29. The molecular formula is C21H27N3O4. The number of hydrogen-bond donors (Lipinski definition) is 1. The Morgan fingerprint density at radius 1 is 1.25 bits per heavy atom. The molecule has 3 amide bonds. The van der Waals surface area contributed by atoms with Crippen molar-refractivity contribution in [1.29, 1.82) is 0 Å². The molecule has 3 aliphatic heterocycles. The standard InChI is InChI=1S/C21H27N3O4/c1-4-8-24-16-9-13-11-23(15-6-7-18(25)22-19(15)26)20(27)14(13)10-17(16)28-12-21(24,3)5-2/h9-10,15H,4-8,11-12H2,1-3H3,(H,22,25,26)/t15?,21-/m0/s1. The molecule has 7 heteroatoms. The number of fused-ring (bicyclic) bond motifs is 2. The molecule has 0 saturated carbocycles. The van der Waals surface area contributed by atoms with Gasteiger partial charge in [0.05, 0.1) is 11.2 Å². The molecule has 3 aliphatic rings. The number of piperidine rings is 1. The van der Waals surface area contributed by atoms with E-state index in [9.17, 15) is 14.4 Å². The highest BCUT2D eigenvalue weighted by atomic mass is 16.5. The first kappa shape index (κ1) is 18.8. The fourth-order valence-corrected chi connectivity index (χ4v) is 4.42. The molecule has 0 aliphatic carbocycles. The predicted octanol–water partition coefficient (Wildman–Crippen LogP) is 2.23. The minimum absolute atomic E-state index is 0.0802. The van der Waals surface area contributed by atoms with Crippen molar-refractivity contribution in [3.63, 3.8) is 0 Å². The van der Waals surface area contributed by atoms with Crippen molar-refractivity contribution in [3.05, 3.63) is 23.3 Å². The Kier molecular flexibility index (Phi) is 4.56. The Hall–Kier alpha value is -2.57. The van der Waals surface area contributed by atoms with Gasteiger partial charge in [-0.15, -0.1) is 0 Å². The molecule has 28 heavy (non-hydrogen) atoms. The first-order valence-electron chi connectivity index (χ1n) is 10.1. The van der Waals surface area contributed by atoms with E-state index in [0.29, 0.717) is 25.1 Å². The van der Waals surface area contributed by atoms with Crippen molar-refractivity contribution in [2.75, 3.05) is 18.1 Å². The second-order valence-electron chi connectivity index (χ2n) is 8.17. The Bertz CT molecular complexity index is 852. The highest BCUT2D eigenvalue weighted by Gasteiger charge is 2.42. The van der Waals surface area contributed by atoms with Crippen LogP contribution in [0.5, 0.6) is 5.75 Å². The van der Waals surface area contributed by atoms with Crippen molar-refractivity contribution in [2.45, 2.75) is 64.6 Å². The van der Waals surface area contributed by atoms with Gasteiger partial charge in [-0.2, -0.15) is 0 Å². The van der Waals surface area contributed by atoms with Gasteiger partial charge in [-0.25, -0.2) is 0 Å². The van der Waals surface area contributed by atoms with E-state index >= 15 is 0 Å². The zero-order chi connectivity index (χ0) is 20.1. The van der Waals surface area contributed by atoms with Crippen molar-refractivity contribution in [1.82, 2.24) is 10.2 Å². The molecule has 1 unspecified atom stereocenters. The molecule has 0 radical (unpaired) electrons. The molecule has 4 rings (SSSR count). The summed E-state index contributed by atoms with van der Waals surface area (Å²) < 4.78 is 6.06. The maximum Gasteiger partial charge on any atom is 0.255 e. The van der Waals surface area contributed by atoms with Crippen LogP contribution < -0.4 is 15.0 Å². The summed E-state index contributed by atoms with van der Waals surface area (Å²) in [6.45, 7) is 8.42. The van der Waals surface area contributed by atoms with Gasteiger partial charge in [0.2, 0.25) is 11.8 Å². The van der Waals surface area contributed by atoms with Gasteiger partial charge in [-0.05, 0) is 43.9 Å². The van der Waals surface area contributed by atoms with Gasteiger partial charge >= 0.3 is 0 Å². The molecule has 1 N–H and O–H groups in total. The van der Waals surface area contributed by atoms with E-state index in [1.807, 2.05) is 6.07 Å². The first-order valence-corrected chi connectivity index (χ1v) is 10.1. The summed E-state index contributed by atoms with van der Waals surface area (Å²) in [7, 11) is 0. The summed E-state index contributed by atoms with van der Waals surface area (Å²) in [5.41, 5.74) is 2.45. The molecule has 3 heterocycles. The first-order chi connectivity index (χ1) is 13.4. The molecule has 1 aromatic rings. The number of anilines is 1. The smallest absolute Gasteiger partial charge is 0.255 e. The Balaban J connectivity index is 1.67. The number of imide groups is 1. The largest absolute Gasteiger partial charge is 0.489 e. The molecular weight excluding hydrogens is 358 g/mol. The Labute approximate surface area is 165 Å². The lowest BCUT2D eigenvalue weighted by Crippen LogP contribution is -2.53. The lowest BCUT2D eigenvalue weighted by Gasteiger charge is -2.46. The van der Waals surface area contributed by atoms with Crippen LogP contribution in [-0.4, -0.2) is 47.4 Å². The van der Waals surface area contributed by atoms with Crippen LogP contribution >= 0.6 is 0 Å². The fourth-order valence-electron chi connectivity index (χ4n) is 4.42. The summed E-state index contributed by atoms with van der Waals surface area (Å²) in [6.07, 6.45) is 2.62. The van der Waals surface area contributed by atoms with Gasteiger partial charge in [-0.1, -0.05) is 13.8 Å². The van der Waals surface area contributed by atoms with Crippen molar-refractivity contribution in [3.8, 4) is 5.75 Å². The van der Waals surface area contributed by atoms with Crippen LogP contribution in [0.1, 0.15) is 62.4 Å². The minimum Gasteiger partial charge on any atom is -0.489 e. The van der Waals surface area contributed by atoms with Crippen LogP contribution in [0.25, 0.3) is 0 Å². The van der Waals surface area contributed by atoms with Gasteiger partial charge in [0.15, 0.2) is 0 Å². The topological polar surface area (TPSA) is 79.0 Å². The molecule has 0 spiro atoms. The number of ether oxygens (including phenoxy) is 1. The summed E-state index contributed by atoms with van der Waals surface area (Å²) in [6, 6.07) is 3.29. The van der Waals surface area contributed by atoms with Crippen LogP contribution in [0, 0.1) is 0 Å². The molecule has 2 atom stereocenters. The maximum atomic E-state index is 13.0. The van der Waals surface area contributed by atoms with Crippen molar-refractivity contribution in [2.24, 2.45) is 0 Å². The molecule has 1 fully saturated rings. The molecule has 150 valence electrons. The highest BCUT2D eigenvalue weighted by molar-refractivity contribution is 6.05. The van der Waals surface area contributed by atoms with Gasteiger partial charge in [0, 0.05) is 25.1 Å². The number of hydrogen-bond acceptors (Lipinski definition) is 5. The molecule has 1 saturated heterocycles. The average Bonchev–Trinajstić information content (AvgIpc) is 2.99. The van der Waals surface area contributed by atoms with Gasteiger partial charge in [0.1, 0.15) is 18.4 Å². The van der Waals surface area contributed by atoms with Crippen LogP contribution in [0.4, 0.5) is 5.69 Å². The number of benzene rings is 1.